The highest BCUT2D eigenvalue weighted by Gasteiger charge is 2.20. The van der Waals surface area contributed by atoms with Crippen LogP contribution < -0.4 is 14.4 Å². The first-order valence-electron chi connectivity index (χ1n) is 8.25. The van der Waals surface area contributed by atoms with Gasteiger partial charge in [0.05, 0.1) is 11.2 Å². The standard InChI is InChI=1S/C17H20N4O6S/c1-4-20(28(3,25)26)16-13(9-12(2)10-18-16)11-19-17(22)27-15-7-5-14(6-8-15)21(23)24/h5-10H,4,11H2,1-3H3,(H,19,22). The molecular formula is C17H20N4O6S. The minimum absolute atomic E-state index is 0.0121. The number of anilines is 1. The summed E-state index contributed by atoms with van der Waals surface area (Å²) in [6.07, 6.45) is 1.84. The van der Waals surface area contributed by atoms with Gasteiger partial charge in [-0.1, -0.05) is 0 Å². The van der Waals surface area contributed by atoms with Gasteiger partial charge in [-0.25, -0.2) is 18.2 Å². The van der Waals surface area contributed by atoms with Gasteiger partial charge in [-0.15, -0.1) is 0 Å². The van der Waals surface area contributed by atoms with Gasteiger partial charge in [0.2, 0.25) is 10.0 Å². The molecule has 0 bridgehead atoms. The summed E-state index contributed by atoms with van der Waals surface area (Å²) >= 11 is 0. The van der Waals surface area contributed by atoms with E-state index in [1.807, 2.05) is 0 Å². The van der Waals surface area contributed by atoms with Crippen LogP contribution in [0.2, 0.25) is 0 Å². The second-order valence-electron chi connectivity index (χ2n) is 5.92. The summed E-state index contributed by atoms with van der Waals surface area (Å²) in [4.78, 5) is 26.3. The van der Waals surface area contributed by atoms with Crippen LogP contribution >= 0.6 is 0 Å². The first-order chi connectivity index (χ1) is 13.1. The molecule has 0 aliphatic carbocycles. The molecule has 1 N–H and O–H groups in total. The number of nitrogens with zero attached hydrogens (tertiary/aromatic N) is 3. The molecule has 0 saturated heterocycles. The van der Waals surface area contributed by atoms with E-state index in [0.717, 1.165) is 16.1 Å². The molecule has 1 amide bonds. The first kappa shape index (κ1) is 21.1. The molecular weight excluding hydrogens is 388 g/mol. The molecule has 0 aliphatic heterocycles. The smallest absolute Gasteiger partial charge is 0.410 e. The highest BCUT2D eigenvalue weighted by Crippen LogP contribution is 2.21. The maximum absolute atomic E-state index is 12.0. The predicted molar refractivity (Wildman–Crippen MR) is 103 cm³/mol. The average molecular weight is 408 g/mol. The van der Waals surface area contributed by atoms with Gasteiger partial charge in [0.15, 0.2) is 0 Å². The largest absolute Gasteiger partial charge is 0.412 e. The number of hydrogen-bond acceptors (Lipinski definition) is 7. The predicted octanol–water partition coefficient (Wildman–Crippen LogP) is 2.37. The third-order valence-corrected chi connectivity index (χ3v) is 4.92. The van der Waals surface area contributed by atoms with E-state index in [9.17, 15) is 23.3 Å². The Hall–Kier alpha value is -3.21. The number of rotatable bonds is 7. The van der Waals surface area contributed by atoms with E-state index in [2.05, 4.69) is 10.3 Å². The second-order valence-corrected chi connectivity index (χ2v) is 7.82. The Labute approximate surface area is 162 Å². The summed E-state index contributed by atoms with van der Waals surface area (Å²) < 4.78 is 30.2. The van der Waals surface area contributed by atoms with Crippen molar-refractivity contribution in [3.8, 4) is 5.75 Å². The lowest BCUT2D eigenvalue weighted by molar-refractivity contribution is -0.384. The third kappa shape index (κ3) is 5.39. The molecule has 1 heterocycles. The van der Waals surface area contributed by atoms with Crippen LogP contribution in [0.25, 0.3) is 0 Å². The molecule has 0 radical (unpaired) electrons. The van der Waals surface area contributed by atoms with Gasteiger partial charge in [-0.3, -0.25) is 14.4 Å². The van der Waals surface area contributed by atoms with Crippen LogP contribution in [0.5, 0.6) is 5.75 Å². The Morgan fingerprint density at radius 2 is 1.96 bits per heavy atom. The maximum atomic E-state index is 12.0. The summed E-state index contributed by atoms with van der Waals surface area (Å²) in [6.45, 7) is 3.66. The van der Waals surface area contributed by atoms with Gasteiger partial charge in [-0.2, -0.15) is 0 Å². The van der Waals surface area contributed by atoms with Crippen molar-refractivity contribution in [3.63, 3.8) is 0 Å². The minimum atomic E-state index is -3.53. The van der Waals surface area contributed by atoms with E-state index in [-0.39, 0.29) is 30.3 Å². The fourth-order valence-electron chi connectivity index (χ4n) is 2.46. The van der Waals surface area contributed by atoms with E-state index in [4.69, 9.17) is 4.74 Å². The van der Waals surface area contributed by atoms with Gasteiger partial charge in [0.1, 0.15) is 11.6 Å². The Morgan fingerprint density at radius 1 is 1.32 bits per heavy atom. The van der Waals surface area contributed by atoms with Crippen molar-refractivity contribution < 1.29 is 22.9 Å². The topological polar surface area (TPSA) is 132 Å². The molecule has 0 spiro atoms. The molecule has 10 nitrogen and oxygen atoms in total. The number of aromatic nitrogens is 1. The second kappa shape index (κ2) is 8.65. The molecule has 0 aliphatic rings. The van der Waals surface area contributed by atoms with Crippen LogP contribution in [-0.4, -0.2) is 37.2 Å². The zero-order valence-corrected chi connectivity index (χ0v) is 16.4. The van der Waals surface area contributed by atoms with Crippen molar-refractivity contribution in [2.45, 2.75) is 20.4 Å². The summed E-state index contributed by atoms with van der Waals surface area (Å²) in [5.74, 6) is 0.364. The molecule has 1 aromatic heterocycles. The Morgan fingerprint density at radius 3 is 2.50 bits per heavy atom. The van der Waals surface area contributed by atoms with E-state index < -0.39 is 21.0 Å². The van der Waals surface area contributed by atoms with E-state index in [0.29, 0.717) is 5.56 Å². The molecule has 28 heavy (non-hydrogen) atoms. The lowest BCUT2D eigenvalue weighted by Crippen LogP contribution is -2.33. The maximum Gasteiger partial charge on any atom is 0.412 e. The SMILES string of the molecule is CCN(c1ncc(C)cc1CNC(=O)Oc1ccc([N+](=O)[O-])cc1)S(C)(=O)=O. The highest BCUT2D eigenvalue weighted by atomic mass is 32.2. The van der Waals surface area contributed by atoms with Crippen LogP contribution in [0.1, 0.15) is 18.1 Å². The lowest BCUT2D eigenvalue weighted by Gasteiger charge is -2.22. The summed E-state index contributed by atoms with van der Waals surface area (Å²) in [5.41, 5.74) is 1.19. The lowest BCUT2D eigenvalue weighted by atomic mass is 10.2. The van der Waals surface area contributed by atoms with Gasteiger partial charge in [-0.05, 0) is 37.6 Å². The van der Waals surface area contributed by atoms with Crippen LogP contribution in [-0.2, 0) is 16.6 Å². The zero-order valence-electron chi connectivity index (χ0n) is 15.6. The Kier molecular flexibility index (Phi) is 6.52. The third-order valence-electron chi connectivity index (χ3n) is 3.68. The number of carbonyl (C=O) groups is 1. The molecule has 0 unspecified atom stereocenters. The normalized spacial score (nSPS) is 11.0. The van der Waals surface area contributed by atoms with E-state index >= 15 is 0 Å². The monoisotopic (exact) mass is 408 g/mol. The van der Waals surface area contributed by atoms with Gasteiger partial charge in [0.25, 0.3) is 5.69 Å². The number of aryl methyl sites for hydroxylation is 1. The van der Waals surface area contributed by atoms with Crippen molar-refractivity contribution in [1.82, 2.24) is 10.3 Å². The van der Waals surface area contributed by atoms with Crippen molar-refractivity contribution in [3.05, 3.63) is 57.8 Å². The molecule has 1 aromatic carbocycles. The summed E-state index contributed by atoms with van der Waals surface area (Å²) in [7, 11) is -3.53. The number of sulfonamides is 1. The number of ether oxygens (including phenoxy) is 1. The molecule has 2 rings (SSSR count). The molecule has 2 aromatic rings. The molecule has 0 fully saturated rings. The molecule has 0 saturated carbocycles. The number of amides is 1. The van der Waals surface area contributed by atoms with Crippen LogP contribution in [0.15, 0.2) is 36.5 Å². The number of nitrogens with one attached hydrogen (secondary N) is 1. The number of nitro benzene ring substituents is 1. The van der Waals surface area contributed by atoms with Crippen molar-refractivity contribution in [1.29, 1.82) is 0 Å². The summed E-state index contributed by atoms with van der Waals surface area (Å²) in [6, 6.07) is 6.77. The van der Waals surface area contributed by atoms with Crippen molar-refractivity contribution in [2.24, 2.45) is 0 Å². The van der Waals surface area contributed by atoms with Crippen molar-refractivity contribution in [2.75, 3.05) is 17.1 Å². The fourth-order valence-corrected chi connectivity index (χ4v) is 3.41. The first-order valence-corrected chi connectivity index (χ1v) is 10.1. The van der Waals surface area contributed by atoms with E-state index in [1.54, 1.807) is 26.1 Å². The number of nitro groups is 1. The average Bonchev–Trinajstić information content (AvgIpc) is 2.61. The minimum Gasteiger partial charge on any atom is -0.410 e. The molecule has 150 valence electrons. The van der Waals surface area contributed by atoms with Crippen LogP contribution in [0, 0.1) is 17.0 Å². The van der Waals surface area contributed by atoms with Crippen molar-refractivity contribution >= 4 is 27.6 Å². The molecule has 0 atom stereocenters. The Bertz CT molecular complexity index is 976. The number of benzene rings is 1. The molecule has 11 heteroatoms. The summed E-state index contributed by atoms with van der Waals surface area (Å²) in [5, 5.41) is 13.2. The van der Waals surface area contributed by atoms with Crippen LogP contribution in [0.3, 0.4) is 0 Å². The van der Waals surface area contributed by atoms with Crippen LogP contribution in [0.4, 0.5) is 16.3 Å². The Balaban J connectivity index is 2.12. The number of hydrogen-bond donors (Lipinski definition) is 1. The van der Waals surface area contributed by atoms with E-state index in [1.165, 1.54) is 24.3 Å². The highest BCUT2D eigenvalue weighted by molar-refractivity contribution is 7.92. The number of pyridine rings is 1. The quantitative estimate of drug-likeness (QED) is 0.549. The van der Waals surface area contributed by atoms with Gasteiger partial charge >= 0.3 is 6.09 Å². The zero-order chi connectivity index (χ0) is 20.9. The van der Waals surface area contributed by atoms with Gasteiger partial charge < -0.3 is 10.1 Å². The number of carbonyl (C=O) groups excluding carboxylic acids is 1. The fraction of sp³-hybridized carbons (Fsp3) is 0.294. The number of non-ortho nitro benzene ring substituents is 1. The van der Waals surface area contributed by atoms with Gasteiger partial charge in [0, 0.05) is 37.0 Å².